The molecule has 0 spiro atoms. The SMILES string of the molecule is CNC(C)C(c1nc(-c2ncc(C)cn2)no1)C(C)C. The van der Waals surface area contributed by atoms with Gasteiger partial charge < -0.3 is 9.84 Å². The number of nitrogens with one attached hydrogen (secondary N) is 1. The average molecular weight is 275 g/mol. The molecule has 6 heteroatoms. The van der Waals surface area contributed by atoms with Crippen LogP contribution in [0.4, 0.5) is 0 Å². The summed E-state index contributed by atoms with van der Waals surface area (Å²) in [7, 11) is 1.93. The minimum absolute atomic E-state index is 0.159. The average Bonchev–Trinajstić information content (AvgIpc) is 2.88. The molecule has 2 heterocycles. The fourth-order valence-corrected chi connectivity index (χ4v) is 2.23. The van der Waals surface area contributed by atoms with Crippen LogP contribution < -0.4 is 5.32 Å². The van der Waals surface area contributed by atoms with Gasteiger partial charge in [-0.2, -0.15) is 4.98 Å². The van der Waals surface area contributed by atoms with E-state index in [1.807, 2.05) is 14.0 Å². The van der Waals surface area contributed by atoms with Crippen LogP contribution in [0.5, 0.6) is 0 Å². The van der Waals surface area contributed by atoms with E-state index < -0.39 is 0 Å². The van der Waals surface area contributed by atoms with E-state index in [-0.39, 0.29) is 12.0 Å². The van der Waals surface area contributed by atoms with E-state index in [4.69, 9.17) is 4.52 Å². The Balaban J connectivity index is 2.29. The van der Waals surface area contributed by atoms with Crippen LogP contribution in [0.15, 0.2) is 16.9 Å². The minimum Gasteiger partial charge on any atom is -0.338 e. The van der Waals surface area contributed by atoms with Crippen LogP contribution in [0, 0.1) is 12.8 Å². The van der Waals surface area contributed by atoms with Crippen LogP contribution in [0.25, 0.3) is 11.6 Å². The lowest BCUT2D eigenvalue weighted by Gasteiger charge is -2.23. The molecule has 0 aliphatic rings. The van der Waals surface area contributed by atoms with Crippen molar-refractivity contribution in [2.24, 2.45) is 5.92 Å². The van der Waals surface area contributed by atoms with E-state index in [9.17, 15) is 0 Å². The summed E-state index contributed by atoms with van der Waals surface area (Å²) in [5, 5.41) is 7.24. The van der Waals surface area contributed by atoms with Crippen LogP contribution >= 0.6 is 0 Å². The van der Waals surface area contributed by atoms with Gasteiger partial charge >= 0.3 is 0 Å². The molecule has 2 aromatic rings. The fourth-order valence-electron chi connectivity index (χ4n) is 2.23. The summed E-state index contributed by atoms with van der Waals surface area (Å²) in [5.74, 6) is 2.11. The molecule has 108 valence electrons. The number of rotatable bonds is 5. The second-order valence-corrected chi connectivity index (χ2v) is 5.39. The molecular formula is C14H21N5O. The summed E-state index contributed by atoms with van der Waals surface area (Å²) < 4.78 is 5.41. The Labute approximate surface area is 119 Å². The lowest BCUT2D eigenvalue weighted by atomic mass is 9.89. The second-order valence-electron chi connectivity index (χ2n) is 5.39. The Hall–Kier alpha value is -1.82. The molecule has 0 radical (unpaired) electrons. The smallest absolute Gasteiger partial charge is 0.240 e. The van der Waals surface area contributed by atoms with Crippen molar-refractivity contribution in [3.05, 3.63) is 23.8 Å². The summed E-state index contributed by atoms with van der Waals surface area (Å²) in [4.78, 5) is 12.9. The molecule has 2 atom stereocenters. The lowest BCUT2D eigenvalue weighted by molar-refractivity contribution is 0.286. The van der Waals surface area contributed by atoms with Crippen LogP contribution in [0.2, 0.25) is 0 Å². The van der Waals surface area contributed by atoms with Crippen molar-refractivity contribution in [2.45, 2.75) is 39.7 Å². The molecule has 0 bridgehead atoms. The molecule has 2 aromatic heterocycles. The largest absolute Gasteiger partial charge is 0.338 e. The van der Waals surface area contributed by atoms with E-state index in [2.05, 4.69) is 46.2 Å². The molecule has 0 aliphatic heterocycles. The van der Waals surface area contributed by atoms with Gasteiger partial charge in [-0.05, 0) is 32.4 Å². The maximum Gasteiger partial charge on any atom is 0.240 e. The monoisotopic (exact) mass is 275 g/mol. The van der Waals surface area contributed by atoms with Crippen molar-refractivity contribution in [1.82, 2.24) is 25.4 Å². The topological polar surface area (TPSA) is 76.7 Å². The van der Waals surface area contributed by atoms with Crippen LogP contribution in [-0.4, -0.2) is 33.2 Å². The highest BCUT2D eigenvalue weighted by Gasteiger charge is 2.28. The van der Waals surface area contributed by atoms with Gasteiger partial charge in [0.25, 0.3) is 0 Å². The van der Waals surface area contributed by atoms with Crippen LogP contribution in [0.1, 0.15) is 38.1 Å². The van der Waals surface area contributed by atoms with Gasteiger partial charge in [-0.15, -0.1) is 0 Å². The second kappa shape index (κ2) is 6.09. The number of aromatic nitrogens is 4. The Kier molecular flexibility index (Phi) is 4.44. The fraction of sp³-hybridized carbons (Fsp3) is 0.571. The summed E-state index contributed by atoms with van der Waals surface area (Å²) in [5.41, 5.74) is 1.00. The maximum absolute atomic E-state index is 5.41. The van der Waals surface area contributed by atoms with Crippen LogP contribution in [0.3, 0.4) is 0 Å². The highest BCUT2D eigenvalue weighted by atomic mass is 16.5. The Morgan fingerprint density at radius 3 is 2.30 bits per heavy atom. The van der Waals surface area contributed by atoms with Crippen molar-refractivity contribution < 1.29 is 4.52 Å². The lowest BCUT2D eigenvalue weighted by Crippen LogP contribution is -2.32. The predicted octanol–water partition coefficient (Wildman–Crippen LogP) is 2.18. The summed E-state index contributed by atoms with van der Waals surface area (Å²) in [6.07, 6.45) is 3.49. The number of hydrogen-bond acceptors (Lipinski definition) is 6. The predicted molar refractivity (Wildman–Crippen MR) is 76.2 cm³/mol. The van der Waals surface area contributed by atoms with Crippen molar-refractivity contribution in [1.29, 1.82) is 0 Å². The van der Waals surface area contributed by atoms with E-state index in [0.717, 1.165) is 5.56 Å². The Morgan fingerprint density at radius 1 is 1.10 bits per heavy atom. The number of hydrogen-bond donors (Lipinski definition) is 1. The minimum atomic E-state index is 0.159. The van der Waals surface area contributed by atoms with Crippen LogP contribution in [-0.2, 0) is 0 Å². The first-order valence-corrected chi connectivity index (χ1v) is 6.82. The van der Waals surface area contributed by atoms with Crippen molar-refractivity contribution >= 4 is 0 Å². The molecular weight excluding hydrogens is 254 g/mol. The normalized spacial score (nSPS) is 14.5. The molecule has 0 aliphatic carbocycles. The van der Waals surface area contributed by atoms with Gasteiger partial charge in [-0.3, -0.25) is 0 Å². The van der Waals surface area contributed by atoms with Gasteiger partial charge in [0, 0.05) is 18.4 Å². The summed E-state index contributed by atoms with van der Waals surface area (Å²) in [6.45, 7) is 8.33. The molecule has 20 heavy (non-hydrogen) atoms. The standard InChI is InChI=1S/C14H21N5O/c1-8(2)11(10(4)15-5)14-18-13(19-20-14)12-16-6-9(3)7-17-12/h6-8,10-11,15H,1-5H3. The first kappa shape index (κ1) is 14.6. The van der Waals surface area contributed by atoms with E-state index in [1.165, 1.54) is 0 Å². The molecule has 2 rings (SSSR count). The zero-order valence-corrected chi connectivity index (χ0v) is 12.6. The molecule has 0 saturated heterocycles. The van der Waals surface area contributed by atoms with Crippen molar-refractivity contribution in [2.75, 3.05) is 7.05 Å². The number of aryl methyl sites for hydroxylation is 1. The third kappa shape index (κ3) is 3.01. The molecule has 0 saturated carbocycles. The molecule has 0 amide bonds. The quantitative estimate of drug-likeness (QED) is 0.901. The summed E-state index contributed by atoms with van der Waals surface area (Å²) in [6, 6.07) is 0.252. The third-order valence-corrected chi connectivity index (χ3v) is 3.42. The zero-order valence-electron chi connectivity index (χ0n) is 12.6. The first-order valence-electron chi connectivity index (χ1n) is 6.82. The van der Waals surface area contributed by atoms with E-state index in [0.29, 0.717) is 23.5 Å². The van der Waals surface area contributed by atoms with Crippen molar-refractivity contribution in [3.63, 3.8) is 0 Å². The highest BCUT2D eigenvalue weighted by Crippen LogP contribution is 2.27. The van der Waals surface area contributed by atoms with Gasteiger partial charge in [-0.25, -0.2) is 9.97 Å². The molecule has 0 aromatic carbocycles. The molecule has 6 nitrogen and oxygen atoms in total. The van der Waals surface area contributed by atoms with E-state index >= 15 is 0 Å². The number of likely N-dealkylation sites (N-methyl/N-ethyl adjacent to an activating group) is 1. The highest BCUT2D eigenvalue weighted by molar-refractivity contribution is 5.41. The Morgan fingerprint density at radius 2 is 1.75 bits per heavy atom. The maximum atomic E-state index is 5.41. The van der Waals surface area contributed by atoms with Gasteiger partial charge in [0.1, 0.15) is 0 Å². The third-order valence-electron chi connectivity index (χ3n) is 3.42. The molecule has 0 fully saturated rings. The zero-order chi connectivity index (χ0) is 14.7. The van der Waals surface area contributed by atoms with Gasteiger partial charge in [-0.1, -0.05) is 19.0 Å². The van der Waals surface area contributed by atoms with Gasteiger partial charge in [0.2, 0.25) is 17.5 Å². The van der Waals surface area contributed by atoms with Gasteiger partial charge in [0.15, 0.2) is 0 Å². The van der Waals surface area contributed by atoms with Crippen molar-refractivity contribution in [3.8, 4) is 11.6 Å². The number of nitrogens with zero attached hydrogens (tertiary/aromatic N) is 4. The summed E-state index contributed by atoms with van der Waals surface area (Å²) >= 11 is 0. The van der Waals surface area contributed by atoms with Gasteiger partial charge in [0.05, 0.1) is 5.92 Å². The van der Waals surface area contributed by atoms with E-state index in [1.54, 1.807) is 12.4 Å². The Bertz CT molecular complexity index is 549. The first-order chi connectivity index (χ1) is 9.52. The molecule has 1 N–H and O–H groups in total. The molecule has 2 unspecified atom stereocenters.